The van der Waals surface area contributed by atoms with Gasteiger partial charge in [-0.1, -0.05) is 12.1 Å². The lowest BCUT2D eigenvalue weighted by Crippen LogP contribution is -1.96. The molecule has 12 heavy (non-hydrogen) atoms. The Kier molecular flexibility index (Phi) is 1.84. The molecule has 0 unspecified atom stereocenters. The van der Waals surface area contributed by atoms with E-state index in [1.807, 2.05) is 24.3 Å². The second-order valence-electron chi connectivity index (χ2n) is 2.40. The minimum Gasteiger partial charge on any atom is -0.383 e. The van der Waals surface area contributed by atoms with Gasteiger partial charge in [-0.2, -0.15) is 0 Å². The van der Waals surface area contributed by atoms with E-state index in [9.17, 15) is 0 Å². The topological polar surface area (TPSA) is 51.8 Å². The van der Waals surface area contributed by atoms with Gasteiger partial charge in [-0.15, -0.1) is 0 Å². The first kappa shape index (κ1) is 7.72. The van der Waals surface area contributed by atoms with Crippen molar-refractivity contribution in [2.24, 2.45) is 0 Å². The Morgan fingerprint density at radius 2 is 1.92 bits per heavy atom. The summed E-state index contributed by atoms with van der Waals surface area (Å²) >= 11 is 2.05. The fourth-order valence-corrected chi connectivity index (χ4v) is 1.59. The zero-order valence-electron chi connectivity index (χ0n) is 6.16. The predicted molar refractivity (Wildman–Crippen MR) is 56.7 cm³/mol. The van der Waals surface area contributed by atoms with Gasteiger partial charge in [0.1, 0.15) is 5.82 Å². The van der Waals surface area contributed by atoms with Crippen LogP contribution in [0.1, 0.15) is 0 Å². The average molecular weight is 271 g/mol. The number of fused-ring (bicyclic) bond motifs is 1. The summed E-state index contributed by atoms with van der Waals surface area (Å²) in [6, 6.07) is 7.70. The zero-order valence-corrected chi connectivity index (χ0v) is 8.32. The molecule has 0 aliphatic heterocycles. The van der Waals surface area contributed by atoms with Gasteiger partial charge in [0.05, 0.1) is 5.52 Å². The molecule has 1 aromatic heterocycles. The van der Waals surface area contributed by atoms with Crippen molar-refractivity contribution in [1.82, 2.24) is 9.97 Å². The monoisotopic (exact) mass is 271 g/mol. The minimum atomic E-state index is 0.546. The first-order chi connectivity index (χ1) is 5.77. The number of aromatic nitrogens is 2. The van der Waals surface area contributed by atoms with Crippen LogP contribution in [0, 0.1) is 3.83 Å². The number of nitrogens with zero attached hydrogens (tertiary/aromatic N) is 2. The van der Waals surface area contributed by atoms with E-state index in [-0.39, 0.29) is 0 Å². The number of benzene rings is 1. The van der Waals surface area contributed by atoms with Crippen LogP contribution in [0.5, 0.6) is 0 Å². The minimum absolute atomic E-state index is 0.546. The normalized spacial score (nSPS) is 10.4. The van der Waals surface area contributed by atoms with Gasteiger partial charge >= 0.3 is 0 Å². The highest BCUT2D eigenvalue weighted by molar-refractivity contribution is 14.1. The Morgan fingerprint density at radius 3 is 2.75 bits per heavy atom. The first-order valence-electron chi connectivity index (χ1n) is 3.45. The number of para-hydroxylation sites is 1. The van der Waals surface area contributed by atoms with E-state index >= 15 is 0 Å². The van der Waals surface area contributed by atoms with Gasteiger partial charge in [0.15, 0.2) is 3.83 Å². The molecule has 60 valence electrons. The SMILES string of the molecule is Nc1nc(I)nc2ccccc12. The molecule has 2 rings (SSSR count). The number of halogens is 1. The summed E-state index contributed by atoms with van der Waals surface area (Å²) in [4.78, 5) is 8.29. The van der Waals surface area contributed by atoms with Gasteiger partial charge in [0, 0.05) is 28.0 Å². The number of anilines is 1. The Hall–Kier alpha value is -0.910. The van der Waals surface area contributed by atoms with Crippen molar-refractivity contribution in [1.29, 1.82) is 0 Å². The third kappa shape index (κ3) is 1.22. The number of nitrogen functional groups attached to an aromatic ring is 1. The maximum Gasteiger partial charge on any atom is 0.193 e. The molecule has 0 atom stereocenters. The van der Waals surface area contributed by atoms with Crippen LogP contribution in [0.15, 0.2) is 24.3 Å². The van der Waals surface area contributed by atoms with Gasteiger partial charge < -0.3 is 5.73 Å². The summed E-state index contributed by atoms with van der Waals surface area (Å²) in [5.74, 6) is 0.546. The summed E-state index contributed by atoms with van der Waals surface area (Å²) in [6.07, 6.45) is 0. The third-order valence-electron chi connectivity index (χ3n) is 1.61. The van der Waals surface area contributed by atoms with Crippen LogP contribution >= 0.6 is 22.6 Å². The van der Waals surface area contributed by atoms with Crippen LogP contribution in [-0.4, -0.2) is 9.97 Å². The van der Waals surface area contributed by atoms with Crippen molar-refractivity contribution < 1.29 is 0 Å². The van der Waals surface area contributed by atoms with Gasteiger partial charge in [0.25, 0.3) is 0 Å². The Labute approximate surface area is 83.2 Å². The van der Waals surface area contributed by atoms with E-state index in [0.29, 0.717) is 9.65 Å². The van der Waals surface area contributed by atoms with E-state index in [4.69, 9.17) is 5.73 Å². The van der Waals surface area contributed by atoms with Crippen LogP contribution in [0.25, 0.3) is 10.9 Å². The summed E-state index contributed by atoms with van der Waals surface area (Å²) in [5, 5.41) is 0.915. The van der Waals surface area contributed by atoms with Crippen molar-refractivity contribution in [3.05, 3.63) is 28.1 Å². The molecule has 1 aromatic carbocycles. The Morgan fingerprint density at radius 1 is 1.17 bits per heavy atom. The first-order valence-corrected chi connectivity index (χ1v) is 4.53. The van der Waals surface area contributed by atoms with Crippen molar-refractivity contribution in [3.8, 4) is 0 Å². The molecule has 0 amide bonds. The van der Waals surface area contributed by atoms with E-state index in [1.54, 1.807) is 0 Å². The quantitative estimate of drug-likeness (QED) is 0.587. The van der Waals surface area contributed by atoms with E-state index in [1.165, 1.54) is 0 Å². The predicted octanol–water partition coefficient (Wildman–Crippen LogP) is 1.82. The van der Waals surface area contributed by atoms with E-state index in [0.717, 1.165) is 10.9 Å². The lowest BCUT2D eigenvalue weighted by Gasteiger charge is -1.99. The number of rotatable bonds is 0. The molecule has 0 bridgehead atoms. The third-order valence-corrected chi connectivity index (χ3v) is 2.09. The highest BCUT2D eigenvalue weighted by Crippen LogP contribution is 2.17. The molecule has 4 heteroatoms. The van der Waals surface area contributed by atoms with Crippen molar-refractivity contribution in [3.63, 3.8) is 0 Å². The standard InChI is InChI=1S/C8H6IN3/c9-8-11-6-4-2-1-3-5(6)7(10)12-8/h1-4H,(H2,10,11,12). The molecule has 0 radical (unpaired) electrons. The number of hydrogen-bond acceptors (Lipinski definition) is 3. The van der Waals surface area contributed by atoms with Gasteiger partial charge in [-0.25, -0.2) is 9.97 Å². The average Bonchev–Trinajstić information content (AvgIpc) is 2.04. The van der Waals surface area contributed by atoms with E-state index in [2.05, 4.69) is 32.6 Å². The lowest BCUT2D eigenvalue weighted by molar-refractivity contribution is 1.16. The largest absolute Gasteiger partial charge is 0.383 e. The van der Waals surface area contributed by atoms with Crippen LogP contribution in [0.4, 0.5) is 5.82 Å². The van der Waals surface area contributed by atoms with Crippen LogP contribution < -0.4 is 5.73 Å². The smallest absolute Gasteiger partial charge is 0.193 e. The Balaban J connectivity index is 2.89. The van der Waals surface area contributed by atoms with Crippen LogP contribution in [0.3, 0.4) is 0 Å². The molecule has 0 saturated heterocycles. The summed E-state index contributed by atoms with van der Waals surface area (Å²) in [5.41, 5.74) is 6.60. The zero-order chi connectivity index (χ0) is 8.55. The summed E-state index contributed by atoms with van der Waals surface area (Å²) < 4.78 is 0.684. The molecule has 0 spiro atoms. The van der Waals surface area contributed by atoms with Gasteiger partial charge in [-0.3, -0.25) is 0 Å². The van der Waals surface area contributed by atoms with Crippen LogP contribution in [-0.2, 0) is 0 Å². The second-order valence-corrected chi connectivity index (χ2v) is 3.36. The highest BCUT2D eigenvalue weighted by Gasteiger charge is 2.00. The number of nitrogens with two attached hydrogens (primary N) is 1. The molecule has 0 fully saturated rings. The molecule has 2 aromatic rings. The molecule has 2 N–H and O–H groups in total. The van der Waals surface area contributed by atoms with Crippen molar-refractivity contribution in [2.75, 3.05) is 5.73 Å². The molecule has 3 nitrogen and oxygen atoms in total. The van der Waals surface area contributed by atoms with E-state index < -0.39 is 0 Å². The second kappa shape index (κ2) is 2.85. The molecular weight excluding hydrogens is 265 g/mol. The highest BCUT2D eigenvalue weighted by atomic mass is 127. The Bertz CT molecular complexity index is 428. The molecular formula is C8H6IN3. The summed E-state index contributed by atoms with van der Waals surface area (Å²) in [7, 11) is 0. The molecule has 0 saturated carbocycles. The van der Waals surface area contributed by atoms with Gasteiger partial charge in [0.2, 0.25) is 0 Å². The fourth-order valence-electron chi connectivity index (χ4n) is 1.07. The van der Waals surface area contributed by atoms with Crippen molar-refractivity contribution >= 4 is 39.3 Å². The maximum atomic E-state index is 5.70. The van der Waals surface area contributed by atoms with Crippen LogP contribution in [0.2, 0.25) is 0 Å². The maximum absolute atomic E-state index is 5.70. The molecule has 0 aliphatic rings. The van der Waals surface area contributed by atoms with Crippen molar-refractivity contribution in [2.45, 2.75) is 0 Å². The fraction of sp³-hybridized carbons (Fsp3) is 0. The molecule has 0 aliphatic carbocycles. The summed E-state index contributed by atoms with van der Waals surface area (Å²) in [6.45, 7) is 0. The van der Waals surface area contributed by atoms with Gasteiger partial charge in [-0.05, 0) is 12.1 Å². The molecule has 1 heterocycles. The lowest BCUT2D eigenvalue weighted by atomic mass is 10.2. The number of hydrogen-bond donors (Lipinski definition) is 1.